The van der Waals surface area contributed by atoms with Crippen LogP contribution in [0.1, 0.15) is 36.5 Å². The monoisotopic (exact) mass is 346 g/mol. The summed E-state index contributed by atoms with van der Waals surface area (Å²) in [6, 6.07) is 25.3. The molecular formula is C24H23Cl. The molecule has 0 N–H and O–H groups in total. The second kappa shape index (κ2) is 8.69. The first kappa shape index (κ1) is 17.5. The highest BCUT2D eigenvalue weighted by atomic mass is 35.5. The average molecular weight is 347 g/mol. The summed E-state index contributed by atoms with van der Waals surface area (Å²) in [6.07, 6.45) is 7.86. The maximum Gasteiger partial charge on any atom is 0.0411 e. The zero-order valence-corrected chi connectivity index (χ0v) is 15.3. The molecule has 0 aromatic heterocycles. The summed E-state index contributed by atoms with van der Waals surface area (Å²) >= 11 is 6.09. The number of hydrogen-bond acceptors (Lipinski definition) is 0. The topological polar surface area (TPSA) is 0 Å². The first-order valence-electron chi connectivity index (χ1n) is 8.89. The Morgan fingerprint density at radius 3 is 2.36 bits per heavy atom. The van der Waals surface area contributed by atoms with Crippen LogP contribution in [0.4, 0.5) is 0 Å². The zero-order valence-electron chi connectivity index (χ0n) is 14.6. The van der Waals surface area contributed by atoms with Crippen molar-refractivity contribution in [3.05, 3.63) is 94.5 Å². The molecule has 1 heteroatoms. The molecule has 0 bridgehead atoms. The molecule has 0 aliphatic heterocycles. The maximum atomic E-state index is 6.09. The minimum Gasteiger partial charge on any atom is -0.0843 e. The largest absolute Gasteiger partial charge is 0.0843 e. The summed E-state index contributed by atoms with van der Waals surface area (Å²) in [5, 5.41) is 0.764. The van der Waals surface area contributed by atoms with Gasteiger partial charge in [0.05, 0.1) is 0 Å². The average Bonchev–Trinajstić information content (AvgIpc) is 2.65. The van der Waals surface area contributed by atoms with E-state index in [9.17, 15) is 0 Å². The van der Waals surface area contributed by atoms with E-state index in [0.717, 1.165) is 17.0 Å². The van der Waals surface area contributed by atoms with E-state index in [4.69, 9.17) is 11.6 Å². The number of unbranched alkanes of at least 4 members (excludes halogenated alkanes) is 1. The molecule has 0 radical (unpaired) electrons. The lowest BCUT2D eigenvalue weighted by atomic mass is 9.92. The van der Waals surface area contributed by atoms with E-state index in [1.54, 1.807) is 0 Å². The van der Waals surface area contributed by atoms with Gasteiger partial charge >= 0.3 is 0 Å². The Bertz CT molecular complexity index is 861. The Morgan fingerprint density at radius 2 is 1.56 bits per heavy atom. The molecule has 126 valence electrons. The predicted octanol–water partition coefficient (Wildman–Crippen LogP) is 7.52. The summed E-state index contributed by atoms with van der Waals surface area (Å²) in [4.78, 5) is 0. The Morgan fingerprint density at radius 1 is 0.800 bits per heavy atom. The van der Waals surface area contributed by atoms with Crippen molar-refractivity contribution < 1.29 is 0 Å². The van der Waals surface area contributed by atoms with Gasteiger partial charge in [-0.3, -0.25) is 0 Å². The van der Waals surface area contributed by atoms with Crippen molar-refractivity contribution in [1.82, 2.24) is 0 Å². The molecule has 0 nitrogen and oxygen atoms in total. The van der Waals surface area contributed by atoms with Gasteiger partial charge in [0, 0.05) is 5.02 Å². The summed E-state index contributed by atoms with van der Waals surface area (Å²) in [5.41, 5.74) is 6.38. The van der Waals surface area contributed by atoms with Crippen molar-refractivity contribution in [2.45, 2.75) is 26.2 Å². The molecule has 25 heavy (non-hydrogen) atoms. The van der Waals surface area contributed by atoms with Crippen molar-refractivity contribution in [3.8, 4) is 11.1 Å². The van der Waals surface area contributed by atoms with Crippen molar-refractivity contribution in [3.63, 3.8) is 0 Å². The van der Waals surface area contributed by atoms with E-state index >= 15 is 0 Å². The predicted molar refractivity (Wildman–Crippen MR) is 111 cm³/mol. The number of aryl methyl sites for hydroxylation is 1. The summed E-state index contributed by atoms with van der Waals surface area (Å²) in [7, 11) is 0. The second-order valence-corrected chi connectivity index (χ2v) is 6.67. The standard InChI is InChI=1S/C24H23Cl/c1-2-3-10-20-11-4-6-14-23(20)24-15-7-5-12-21(24)17-16-19-9-8-13-22(25)18-19/h4-9,11-18H,2-3,10H2,1H3/b17-16+. The SMILES string of the molecule is CCCCc1ccccc1-c1ccccc1/C=C/c1cccc(Cl)c1. The van der Waals surface area contributed by atoms with Gasteiger partial charge in [-0.1, -0.05) is 97.8 Å². The van der Waals surface area contributed by atoms with E-state index in [1.807, 2.05) is 18.2 Å². The van der Waals surface area contributed by atoms with Gasteiger partial charge < -0.3 is 0 Å². The molecule has 0 heterocycles. The van der Waals surface area contributed by atoms with Crippen LogP contribution in [0, 0.1) is 0 Å². The fraction of sp³-hybridized carbons (Fsp3) is 0.167. The molecule has 0 aliphatic carbocycles. The van der Waals surface area contributed by atoms with Crippen LogP contribution in [0.25, 0.3) is 23.3 Å². The van der Waals surface area contributed by atoms with Gasteiger partial charge in [-0.2, -0.15) is 0 Å². The minimum absolute atomic E-state index is 0.764. The third-order valence-electron chi connectivity index (χ3n) is 4.37. The summed E-state index contributed by atoms with van der Waals surface area (Å²) in [5.74, 6) is 0. The molecule has 3 aromatic carbocycles. The zero-order chi connectivity index (χ0) is 17.5. The number of halogens is 1. The van der Waals surface area contributed by atoms with E-state index < -0.39 is 0 Å². The molecule has 0 atom stereocenters. The van der Waals surface area contributed by atoms with Crippen LogP contribution in [0.2, 0.25) is 5.02 Å². The molecule has 0 unspecified atom stereocenters. The van der Waals surface area contributed by atoms with Gasteiger partial charge in [-0.15, -0.1) is 0 Å². The van der Waals surface area contributed by atoms with Gasteiger partial charge in [0.2, 0.25) is 0 Å². The third kappa shape index (κ3) is 4.61. The quantitative estimate of drug-likeness (QED) is 0.405. The van der Waals surface area contributed by atoms with Crippen LogP contribution in [0.15, 0.2) is 72.8 Å². The molecule has 0 saturated carbocycles. The van der Waals surface area contributed by atoms with Crippen molar-refractivity contribution in [2.75, 3.05) is 0 Å². The first-order chi connectivity index (χ1) is 12.3. The van der Waals surface area contributed by atoms with E-state index in [-0.39, 0.29) is 0 Å². The van der Waals surface area contributed by atoms with E-state index in [0.29, 0.717) is 0 Å². The Balaban J connectivity index is 1.97. The Kier molecular flexibility index (Phi) is 6.09. The highest BCUT2D eigenvalue weighted by Gasteiger charge is 2.07. The number of hydrogen-bond donors (Lipinski definition) is 0. The van der Waals surface area contributed by atoms with Gasteiger partial charge in [-0.25, -0.2) is 0 Å². The fourth-order valence-corrected chi connectivity index (χ4v) is 3.25. The lowest BCUT2D eigenvalue weighted by Crippen LogP contribution is -1.92. The van der Waals surface area contributed by atoms with Crippen LogP contribution in [-0.4, -0.2) is 0 Å². The molecule has 0 fully saturated rings. The van der Waals surface area contributed by atoms with Crippen LogP contribution in [0.5, 0.6) is 0 Å². The highest BCUT2D eigenvalue weighted by Crippen LogP contribution is 2.29. The molecule has 0 saturated heterocycles. The van der Waals surface area contributed by atoms with Gasteiger partial charge in [0.1, 0.15) is 0 Å². The summed E-state index contributed by atoms with van der Waals surface area (Å²) in [6.45, 7) is 2.24. The lowest BCUT2D eigenvalue weighted by Gasteiger charge is -2.12. The highest BCUT2D eigenvalue weighted by molar-refractivity contribution is 6.30. The van der Waals surface area contributed by atoms with Gasteiger partial charge in [-0.05, 0) is 52.8 Å². The van der Waals surface area contributed by atoms with E-state index in [1.165, 1.54) is 35.1 Å². The van der Waals surface area contributed by atoms with Crippen molar-refractivity contribution in [1.29, 1.82) is 0 Å². The van der Waals surface area contributed by atoms with Gasteiger partial charge in [0.25, 0.3) is 0 Å². The van der Waals surface area contributed by atoms with E-state index in [2.05, 4.69) is 73.7 Å². The third-order valence-corrected chi connectivity index (χ3v) is 4.61. The Hall–Kier alpha value is -2.31. The molecule has 3 rings (SSSR count). The minimum atomic E-state index is 0.764. The van der Waals surface area contributed by atoms with Crippen molar-refractivity contribution in [2.24, 2.45) is 0 Å². The fourth-order valence-electron chi connectivity index (χ4n) is 3.05. The molecular weight excluding hydrogens is 324 g/mol. The van der Waals surface area contributed by atoms with Crippen LogP contribution >= 0.6 is 11.6 Å². The normalized spacial score (nSPS) is 11.1. The molecule has 0 amide bonds. The van der Waals surface area contributed by atoms with Crippen molar-refractivity contribution >= 4 is 23.8 Å². The first-order valence-corrected chi connectivity index (χ1v) is 9.26. The molecule has 0 aliphatic rings. The smallest absolute Gasteiger partial charge is 0.0411 e. The summed E-state index contributed by atoms with van der Waals surface area (Å²) < 4.78 is 0. The molecule has 0 spiro atoms. The number of benzene rings is 3. The lowest BCUT2D eigenvalue weighted by molar-refractivity contribution is 0.796. The van der Waals surface area contributed by atoms with Crippen LogP contribution < -0.4 is 0 Å². The Labute approximate surface area is 155 Å². The molecule has 3 aromatic rings. The second-order valence-electron chi connectivity index (χ2n) is 6.24. The van der Waals surface area contributed by atoms with Crippen LogP contribution in [0.3, 0.4) is 0 Å². The number of rotatable bonds is 6. The maximum absolute atomic E-state index is 6.09. The van der Waals surface area contributed by atoms with Gasteiger partial charge in [0.15, 0.2) is 0 Å². The van der Waals surface area contributed by atoms with Crippen LogP contribution in [-0.2, 0) is 6.42 Å².